The van der Waals surface area contributed by atoms with Gasteiger partial charge in [-0.1, -0.05) is 39.0 Å². The van der Waals surface area contributed by atoms with Crippen molar-refractivity contribution < 1.29 is 0 Å². The van der Waals surface area contributed by atoms with E-state index in [1.807, 2.05) is 0 Å². The predicted molar refractivity (Wildman–Crippen MR) is 92.2 cm³/mol. The van der Waals surface area contributed by atoms with E-state index in [1.54, 1.807) is 11.3 Å². The summed E-state index contributed by atoms with van der Waals surface area (Å²) in [6, 6.07) is 10.7. The molecule has 0 unspecified atom stereocenters. The maximum absolute atomic E-state index is 3.55. The summed E-state index contributed by atoms with van der Waals surface area (Å²) in [5.41, 5.74) is 2.72. The van der Waals surface area contributed by atoms with Crippen LogP contribution in [0.4, 0.5) is 5.69 Å². The summed E-state index contributed by atoms with van der Waals surface area (Å²) in [7, 11) is 0. The summed E-state index contributed by atoms with van der Waals surface area (Å²) in [5, 5.41) is 3.55. The highest BCUT2D eigenvalue weighted by Gasteiger charge is 2.17. The Kier molecular flexibility index (Phi) is 4.75. The highest BCUT2D eigenvalue weighted by atomic mass is 79.9. The van der Waals surface area contributed by atoms with Crippen molar-refractivity contribution in [3.63, 3.8) is 0 Å². The fraction of sp³-hybridized carbons (Fsp3) is 0.333. The third kappa shape index (κ3) is 3.83. The molecule has 2 rings (SSSR count). The van der Waals surface area contributed by atoms with Crippen molar-refractivity contribution in [2.45, 2.75) is 32.7 Å². The Morgan fingerprint density at radius 1 is 1.16 bits per heavy atom. The first-order chi connectivity index (χ1) is 8.88. The highest BCUT2D eigenvalue weighted by Crippen LogP contribution is 2.34. The van der Waals surface area contributed by atoms with Crippen molar-refractivity contribution in [3.8, 4) is 0 Å². The molecule has 0 saturated heterocycles. The zero-order valence-electron chi connectivity index (χ0n) is 11.3. The van der Waals surface area contributed by atoms with Gasteiger partial charge < -0.3 is 5.32 Å². The van der Waals surface area contributed by atoms with Crippen LogP contribution in [0.15, 0.2) is 38.6 Å². The first kappa shape index (κ1) is 15.1. The molecule has 2 aromatic rings. The summed E-state index contributed by atoms with van der Waals surface area (Å²) in [6.45, 7) is 7.57. The standard InChI is InChI=1S/C15H17Br2NS/c1-15(2,3)11-6-4-5-7-13(11)18-9-10-8-12(16)14(17)19-10/h4-8,18H,9H2,1-3H3. The van der Waals surface area contributed by atoms with Gasteiger partial charge in [-0.25, -0.2) is 0 Å². The maximum atomic E-state index is 3.55. The van der Waals surface area contributed by atoms with Gasteiger partial charge in [0.15, 0.2) is 0 Å². The lowest BCUT2D eigenvalue weighted by molar-refractivity contribution is 0.591. The SMILES string of the molecule is CC(C)(C)c1ccccc1NCc1cc(Br)c(Br)s1. The molecule has 0 aliphatic carbocycles. The molecular formula is C15H17Br2NS. The van der Waals surface area contributed by atoms with E-state index in [1.165, 1.54) is 16.1 Å². The van der Waals surface area contributed by atoms with Gasteiger partial charge >= 0.3 is 0 Å². The number of thiophene rings is 1. The lowest BCUT2D eigenvalue weighted by Gasteiger charge is -2.23. The molecule has 0 aliphatic heterocycles. The Balaban J connectivity index is 2.16. The van der Waals surface area contributed by atoms with Gasteiger partial charge in [-0.05, 0) is 55.0 Å². The van der Waals surface area contributed by atoms with E-state index in [-0.39, 0.29) is 5.41 Å². The van der Waals surface area contributed by atoms with E-state index in [4.69, 9.17) is 0 Å². The Hall–Kier alpha value is -0.320. The quantitative estimate of drug-likeness (QED) is 0.645. The minimum absolute atomic E-state index is 0.153. The molecular weight excluding hydrogens is 386 g/mol. The van der Waals surface area contributed by atoms with Crippen LogP contribution in [0.2, 0.25) is 0 Å². The number of para-hydroxylation sites is 1. The van der Waals surface area contributed by atoms with Crippen molar-refractivity contribution in [2.75, 3.05) is 5.32 Å². The smallest absolute Gasteiger partial charge is 0.0843 e. The van der Waals surface area contributed by atoms with Gasteiger partial charge in [-0.15, -0.1) is 11.3 Å². The van der Waals surface area contributed by atoms with Crippen molar-refractivity contribution in [3.05, 3.63) is 49.0 Å². The summed E-state index contributed by atoms with van der Waals surface area (Å²) < 4.78 is 2.27. The average molecular weight is 403 g/mol. The molecule has 1 N–H and O–H groups in total. The fourth-order valence-corrected chi connectivity index (χ4v) is 4.07. The molecule has 1 aromatic heterocycles. The molecule has 0 amide bonds. The van der Waals surface area contributed by atoms with Crippen molar-refractivity contribution in [1.29, 1.82) is 0 Å². The predicted octanol–water partition coefficient (Wildman–Crippen LogP) is 6.18. The van der Waals surface area contributed by atoms with E-state index in [2.05, 4.69) is 88.3 Å². The van der Waals surface area contributed by atoms with Crippen LogP contribution in [0.5, 0.6) is 0 Å². The van der Waals surface area contributed by atoms with E-state index in [9.17, 15) is 0 Å². The molecule has 0 atom stereocenters. The topological polar surface area (TPSA) is 12.0 Å². The minimum atomic E-state index is 0.153. The normalized spacial score (nSPS) is 11.6. The Morgan fingerprint density at radius 3 is 2.42 bits per heavy atom. The van der Waals surface area contributed by atoms with Gasteiger partial charge in [-0.3, -0.25) is 0 Å². The van der Waals surface area contributed by atoms with E-state index < -0.39 is 0 Å². The molecule has 0 radical (unpaired) electrons. The van der Waals surface area contributed by atoms with E-state index >= 15 is 0 Å². The van der Waals surface area contributed by atoms with Crippen LogP contribution in [0.3, 0.4) is 0 Å². The number of halogens is 2. The summed E-state index contributed by atoms with van der Waals surface area (Å²) in [6.07, 6.45) is 0. The molecule has 19 heavy (non-hydrogen) atoms. The third-order valence-electron chi connectivity index (χ3n) is 2.88. The molecule has 1 nitrogen and oxygen atoms in total. The van der Waals surface area contributed by atoms with Gasteiger partial charge in [0.05, 0.1) is 3.79 Å². The number of anilines is 1. The van der Waals surface area contributed by atoms with Crippen LogP contribution in [0, 0.1) is 0 Å². The highest BCUT2D eigenvalue weighted by molar-refractivity contribution is 9.13. The molecule has 4 heteroatoms. The van der Waals surface area contributed by atoms with Crippen LogP contribution < -0.4 is 5.32 Å². The summed E-state index contributed by atoms with van der Waals surface area (Å²) in [4.78, 5) is 1.31. The molecule has 0 bridgehead atoms. The number of benzene rings is 1. The number of hydrogen-bond acceptors (Lipinski definition) is 2. The Bertz CT molecular complexity index is 550. The second kappa shape index (κ2) is 5.98. The fourth-order valence-electron chi connectivity index (χ4n) is 1.95. The average Bonchev–Trinajstić information content (AvgIpc) is 2.65. The van der Waals surface area contributed by atoms with Crippen molar-refractivity contribution >= 4 is 48.9 Å². The van der Waals surface area contributed by atoms with Gasteiger partial charge in [-0.2, -0.15) is 0 Å². The molecule has 1 heterocycles. The lowest BCUT2D eigenvalue weighted by atomic mass is 9.86. The first-order valence-corrected chi connectivity index (χ1v) is 8.55. The molecule has 0 fully saturated rings. The second-order valence-corrected chi connectivity index (χ2v) is 8.79. The molecule has 0 aliphatic rings. The molecule has 1 aromatic carbocycles. The second-order valence-electron chi connectivity index (χ2n) is 5.48. The Labute approximate surface area is 135 Å². The van der Waals surface area contributed by atoms with E-state index in [0.717, 1.165) is 14.8 Å². The van der Waals surface area contributed by atoms with Crippen LogP contribution in [-0.4, -0.2) is 0 Å². The third-order valence-corrected chi connectivity index (χ3v) is 6.14. The maximum Gasteiger partial charge on any atom is 0.0843 e. The number of hydrogen-bond donors (Lipinski definition) is 1. The molecule has 0 spiro atoms. The summed E-state index contributed by atoms with van der Waals surface area (Å²) >= 11 is 8.81. The van der Waals surface area contributed by atoms with Crippen LogP contribution in [0.25, 0.3) is 0 Å². The van der Waals surface area contributed by atoms with Crippen molar-refractivity contribution in [2.24, 2.45) is 0 Å². The molecule has 102 valence electrons. The largest absolute Gasteiger partial charge is 0.380 e. The van der Waals surface area contributed by atoms with E-state index in [0.29, 0.717) is 0 Å². The zero-order valence-corrected chi connectivity index (χ0v) is 15.2. The van der Waals surface area contributed by atoms with Crippen LogP contribution in [0.1, 0.15) is 31.2 Å². The van der Waals surface area contributed by atoms with Gasteiger partial charge in [0.25, 0.3) is 0 Å². The number of rotatable bonds is 3. The molecule has 0 saturated carbocycles. The van der Waals surface area contributed by atoms with Crippen LogP contribution in [-0.2, 0) is 12.0 Å². The van der Waals surface area contributed by atoms with Crippen LogP contribution >= 0.6 is 43.2 Å². The minimum Gasteiger partial charge on any atom is -0.380 e. The monoisotopic (exact) mass is 401 g/mol. The Morgan fingerprint density at radius 2 is 1.84 bits per heavy atom. The van der Waals surface area contributed by atoms with Crippen molar-refractivity contribution in [1.82, 2.24) is 0 Å². The van der Waals surface area contributed by atoms with Gasteiger partial charge in [0.2, 0.25) is 0 Å². The van der Waals surface area contributed by atoms with Gasteiger partial charge in [0, 0.05) is 21.6 Å². The summed E-state index contributed by atoms with van der Waals surface area (Å²) in [5.74, 6) is 0. The number of nitrogens with one attached hydrogen (secondary N) is 1. The lowest BCUT2D eigenvalue weighted by Crippen LogP contribution is -2.14. The van der Waals surface area contributed by atoms with Gasteiger partial charge in [0.1, 0.15) is 0 Å². The zero-order chi connectivity index (χ0) is 14.0. The first-order valence-electron chi connectivity index (χ1n) is 6.15.